The van der Waals surface area contributed by atoms with Crippen LogP contribution in [0.15, 0.2) is 65.7 Å². The fourth-order valence-electron chi connectivity index (χ4n) is 2.63. The highest BCUT2D eigenvalue weighted by Gasteiger charge is 2.07. The van der Waals surface area contributed by atoms with Crippen LogP contribution in [0, 0.1) is 6.92 Å². The number of nitrogens with zero attached hydrogens (tertiary/aromatic N) is 3. The Balaban J connectivity index is 1.81. The van der Waals surface area contributed by atoms with Crippen molar-refractivity contribution in [2.75, 3.05) is 0 Å². The van der Waals surface area contributed by atoms with Gasteiger partial charge in [0.25, 0.3) is 5.56 Å². The van der Waals surface area contributed by atoms with E-state index in [4.69, 9.17) is 0 Å². The highest BCUT2D eigenvalue weighted by molar-refractivity contribution is 5.83. The van der Waals surface area contributed by atoms with Crippen molar-refractivity contribution in [1.82, 2.24) is 19.7 Å². The fourth-order valence-corrected chi connectivity index (χ4v) is 2.63. The summed E-state index contributed by atoms with van der Waals surface area (Å²) >= 11 is 0. The molecule has 1 N–H and O–H groups in total. The van der Waals surface area contributed by atoms with Crippen LogP contribution in [0.3, 0.4) is 0 Å². The number of hydrogen-bond acceptors (Lipinski definition) is 3. The van der Waals surface area contributed by atoms with Gasteiger partial charge >= 0.3 is 0 Å². The molecule has 0 atom stereocenters. The van der Waals surface area contributed by atoms with Gasteiger partial charge in [0, 0.05) is 11.8 Å². The van der Waals surface area contributed by atoms with Crippen molar-refractivity contribution in [3.63, 3.8) is 0 Å². The largest absolute Gasteiger partial charge is 0.310 e. The number of para-hydroxylation sites is 1. The van der Waals surface area contributed by atoms with E-state index in [0.29, 0.717) is 16.7 Å². The molecule has 0 aliphatic rings. The quantitative estimate of drug-likeness (QED) is 0.619. The van der Waals surface area contributed by atoms with Gasteiger partial charge in [-0.05, 0) is 36.8 Å². The summed E-state index contributed by atoms with van der Waals surface area (Å²) in [5, 5.41) is 4.98. The Labute approximate surface area is 132 Å². The second-order valence-electron chi connectivity index (χ2n) is 5.39. The molecule has 5 heteroatoms. The Morgan fingerprint density at radius 3 is 2.70 bits per heavy atom. The Morgan fingerprint density at radius 2 is 1.87 bits per heavy atom. The number of aromatic nitrogens is 4. The van der Waals surface area contributed by atoms with Crippen LogP contribution in [0.25, 0.3) is 27.7 Å². The lowest BCUT2D eigenvalue weighted by Gasteiger charge is -2.02. The van der Waals surface area contributed by atoms with E-state index < -0.39 is 0 Å². The normalized spacial score (nSPS) is 11.0. The predicted molar refractivity (Wildman–Crippen MR) is 89.7 cm³/mol. The number of benzene rings is 2. The summed E-state index contributed by atoms with van der Waals surface area (Å²) in [6.07, 6.45) is 3.75. The van der Waals surface area contributed by atoms with E-state index in [1.807, 2.05) is 59.4 Å². The van der Waals surface area contributed by atoms with Crippen molar-refractivity contribution in [2.45, 2.75) is 6.92 Å². The number of rotatable bonds is 2. The molecule has 23 heavy (non-hydrogen) atoms. The van der Waals surface area contributed by atoms with Crippen LogP contribution in [0.2, 0.25) is 0 Å². The minimum Gasteiger partial charge on any atom is -0.310 e. The number of aromatic amines is 1. The molecule has 2 aromatic heterocycles. The average Bonchev–Trinajstić information content (AvgIpc) is 3.05. The lowest BCUT2D eigenvalue weighted by atomic mass is 10.1. The van der Waals surface area contributed by atoms with Crippen LogP contribution in [-0.2, 0) is 0 Å². The molecule has 4 rings (SSSR count). The summed E-state index contributed by atoms with van der Waals surface area (Å²) in [5.41, 5.74) is 3.47. The molecular weight excluding hydrogens is 288 g/mol. The molecule has 0 bridgehead atoms. The van der Waals surface area contributed by atoms with Gasteiger partial charge in [-0.15, -0.1) is 0 Å². The Bertz CT molecular complexity index is 1050. The predicted octanol–water partition coefficient (Wildman–Crippen LogP) is 3.08. The van der Waals surface area contributed by atoms with Crippen molar-refractivity contribution in [3.8, 4) is 16.8 Å². The molecule has 0 unspecified atom stereocenters. The summed E-state index contributed by atoms with van der Waals surface area (Å²) in [6.45, 7) is 1.78. The number of fused-ring (bicyclic) bond motifs is 1. The molecule has 0 fully saturated rings. The molecule has 4 aromatic rings. The molecule has 5 nitrogen and oxygen atoms in total. The van der Waals surface area contributed by atoms with E-state index in [1.165, 1.54) is 0 Å². The summed E-state index contributed by atoms with van der Waals surface area (Å²) in [5.74, 6) is 0.618. The lowest BCUT2D eigenvalue weighted by Crippen LogP contribution is -2.09. The van der Waals surface area contributed by atoms with E-state index in [0.717, 1.165) is 16.8 Å². The van der Waals surface area contributed by atoms with Crippen LogP contribution in [0.1, 0.15) is 5.82 Å². The maximum Gasteiger partial charge on any atom is 0.258 e. The third-order valence-electron chi connectivity index (χ3n) is 3.76. The van der Waals surface area contributed by atoms with Gasteiger partial charge in [0.05, 0.1) is 22.8 Å². The van der Waals surface area contributed by atoms with Gasteiger partial charge in [0.15, 0.2) is 0 Å². The van der Waals surface area contributed by atoms with Crippen molar-refractivity contribution in [2.24, 2.45) is 0 Å². The van der Waals surface area contributed by atoms with Crippen LogP contribution in [0.4, 0.5) is 0 Å². The second-order valence-corrected chi connectivity index (χ2v) is 5.39. The van der Waals surface area contributed by atoms with E-state index in [-0.39, 0.29) is 5.56 Å². The van der Waals surface area contributed by atoms with Crippen molar-refractivity contribution in [3.05, 3.63) is 77.1 Å². The number of H-pyrrole nitrogens is 1. The highest BCUT2D eigenvalue weighted by atomic mass is 16.1. The zero-order valence-corrected chi connectivity index (χ0v) is 12.5. The number of hydrogen-bond donors (Lipinski definition) is 1. The van der Waals surface area contributed by atoms with Gasteiger partial charge in [-0.3, -0.25) is 4.79 Å². The zero-order chi connectivity index (χ0) is 15.8. The number of nitrogens with one attached hydrogen (secondary N) is 1. The minimum absolute atomic E-state index is 0.121. The molecule has 2 aromatic carbocycles. The van der Waals surface area contributed by atoms with E-state index in [1.54, 1.807) is 13.1 Å². The Morgan fingerprint density at radius 1 is 1.04 bits per heavy atom. The first-order chi connectivity index (χ1) is 11.2. The second kappa shape index (κ2) is 5.21. The maximum absolute atomic E-state index is 12.1. The Kier molecular flexibility index (Phi) is 3.05. The molecule has 0 amide bonds. The fraction of sp³-hybridized carbons (Fsp3) is 0.0556. The molecular formula is C18H14N4O. The van der Waals surface area contributed by atoms with Gasteiger partial charge in [0.2, 0.25) is 0 Å². The molecule has 0 saturated carbocycles. The van der Waals surface area contributed by atoms with Crippen LogP contribution in [-0.4, -0.2) is 19.7 Å². The van der Waals surface area contributed by atoms with Crippen molar-refractivity contribution >= 4 is 10.9 Å². The van der Waals surface area contributed by atoms with Crippen molar-refractivity contribution in [1.29, 1.82) is 0 Å². The zero-order valence-electron chi connectivity index (χ0n) is 12.5. The standard InChI is InChI=1S/C18H14N4O/c1-12-20-17-8-7-13(9-16(17)18(23)21-12)14-10-19-22(11-14)15-5-3-2-4-6-15/h2-11H,1H3,(H,20,21,23). The topological polar surface area (TPSA) is 63.6 Å². The monoisotopic (exact) mass is 302 g/mol. The highest BCUT2D eigenvalue weighted by Crippen LogP contribution is 2.22. The van der Waals surface area contributed by atoms with E-state index >= 15 is 0 Å². The maximum atomic E-state index is 12.1. The van der Waals surface area contributed by atoms with E-state index in [2.05, 4.69) is 15.1 Å². The van der Waals surface area contributed by atoms with Gasteiger partial charge in [-0.25, -0.2) is 9.67 Å². The first-order valence-electron chi connectivity index (χ1n) is 7.32. The Hall–Kier alpha value is -3.21. The smallest absolute Gasteiger partial charge is 0.258 e. The van der Waals surface area contributed by atoms with Gasteiger partial charge in [0.1, 0.15) is 5.82 Å². The molecule has 0 aliphatic heterocycles. The summed E-state index contributed by atoms with van der Waals surface area (Å²) < 4.78 is 1.82. The minimum atomic E-state index is -0.121. The van der Waals surface area contributed by atoms with Gasteiger partial charge in [-0.1, -0.05) is 24.3 Å². The third-order valence-corrected chi connectivity index (χ3v) is 3.76. The first kappa shape index (κ1) is 13.5. The summed E-state index contributed by atoms with van der Waals surface area (Å²) in [7, 11) is 0. The third kappa shape index (κ3) is 2.42. The SMILES string of the molecule is Cc1nc2ccc(-c3cnn(-c4ccccc4)c3)cc2c(=O)[nH]1. The van der Waals surface area contributed by atoms with Gasteiger partial charge in [-0.2, -0.15) is 5.10 Å². The van der Waals surface area contributed by atoms with Gasteiger partial charge < -0.3 is 4.98 Å². The molecule has 112 valence electrons. The molecule has 2 heterocycles. The number of aryl methyl sites for hydroxylation is 1. The van der Waals surface area contributed by atoms with E-state index in [9.17, 15) is 4.79 Å². The van der Waals surface area contributed by atoms with Crippen molar-refractivity contribution < 1.29 is 0 Å². The molecule has 0 aliphatic carbocycles. The first-order valence-corrected chi connectivity index (χ1v) is 7.32. The summed E-state index contributed by atoms with van der Waals surface area (Å²) in [6, 6.07) is 15.6. The average molecular weight is 302 g/mol. The van der Waals surface area contributed by atoms with Crippen LogP contribution < -0.4 is 5.56 Å². The lowest BCUT2D eigenvalue weighted by molar-refractivity contribution is 0.881. The molecule has 0 spiro atoms. The van der Waals surface area contributed by atoms with Crippen LogP contribution >= 0.6 is 0 Å². The molecule has 0 saturated heterocycles. The van der Waals surface area contributed by atoms with Crippen LogP contribution in [0.5, 0.6) is 0 Å². The summed E-state index contributed by atoms with van der Waals surface area (Å²) in [4.78, 5) is 19.2. The molecule has 0 radical (unpaired) electrons.